The number of ether oxygens (including phenoxy) is 4. The molecule has 0 aromatic heterocycles. The summed E-state index contributed by atoms with van der Waals surface area (Å²) < 4.78 is 47.5. The van der Waals surface area contributed by atoms with Crippen molar-refractivity contribution >= 4 is 15.9 Å². The number of benzene rings is 2. The molecule has 0 aliphatic heterocycles. The summed E-state index contributed by atoms with van der Waals surface area (Å²) in [4.78, 5) is 14.5. The maximum Gasteiger partial charge on any atom is 0.224 e. The van der Waals surface area contributed by atoms with Crippen molar-refractivity contribution in [3.63, 3.8) is 0 Å². The van der Waals surface area contributed by atoms with Crippen LogP contribution >= 0.6 is 0 Å². The second kappa shape index (κ2) is 11.1. The minimum atomic E-state index is -3.54. The third-order valence-electron chi connectivity index (χ3n) is 4.82. The van der Waals surface area contributed by atoms with Gasteiger partial charge in [-0.05, 0) is 35.4 Å². The molecule has 0 radical (unpaired) electrons. The van der Waals surface area contributed by atoms with E-state index in [4.69, 9.17) is 18.9 Å². The van der Waals surface area contributed by atoms with Crippen LogP contribution < -0.4 is 23.7 Å². The smallest absolute Gasteiger partial charge is 0.224 e. The molecule has 0 heterocycles. The van der Waals surface area contributed by atoms with Crippen molar-refractivity contribution in [2.45, 2.75) is 19.0 Å². The number of carbonyl (C=O) groups excluding carboxylic acids is 1. The van der Waals surface area contributed by atoms with Crippen LogP contribution in [0.4, 0.5) is 0 Å². The second-order valence-electron chi connectivity index (χ2n) is 7.20. The standard InChI is InChI=1S/C22H30N2O7S/c1-24(14-15-11-19(29-3)22(31-5)20(12-15)30-4)21(25)13-18(23-32(6,26)27)16-7-9-17(28-2)10-8-16/h7-12,18,23H,13-14H2,1-6H3. The zero-order valence-corrected chi connectivity index (χ0v) is 20.0. The zero-order chi connectivity index (χ0) is 23.9. The Morgan fingerprint density at radius 3 is 1.97 bits per heavy atom. The van der Waals surface area contributed by atoms with Crippen LogP contribution in [0.1, 0.15) is 23.6 Å². The summed E-state index contributed by atoms with van der Waals surface area (Å²) in [6, 6.07) is 9.71. The van der Waals surface area contributed by atoms with Crippen molar-refractivity contribution in [3.8, 4) is 23.0 Å². The summed E-state index contributed by atoms with van der Waals surface area (Å²) in [6.07, 6.45) is 1.01. The molecular weight excluding hydrogens is 436 g/mol. The van der Waals surface area contributed by atoms with Crippen LogP contribution in [-0.2, 0) is 21.4 Å². The molecule has 1 atom stereocenters. The Labute approximate surface area is 189 Å². The average Bonchev–Trinajstić information content (AvgIpc) is 2.76. The summed E-state index contributed by atoms with van der Waals surface area (Å²) in [5, 5.41) is 0. The lowest BCUT2D eigenvalue weighted by atomic mass is 10.0. The minimum Gasteiger partial charge on any atom is -0.497 e. The monoisotopic (exact) mass is 466 g/mol. The van der Waals surface area contributed by atoms with E-state index in [1.54, 1.807) is 50.6 Å². The topological polar surface area (TPSA) is 103 Å². The third-order valence-corrected chi connectivity index (χ3v) is 5.54. The lowest BCUT2D eigenvalue weighted by Gasteiger charge is -2.23. The van der Waals surface area contributed by atoms with Crippen molar-refractivity contribution in [2.24, 2.45) is 0 Å². The molecule has 0 aliphatic carbocycles. The predicted molar refractivity (Wildman–Crippen MR) is 121 cm³/mol. The maximum absolute atomic E-state index is 13.0. The van der Waals surface area contributed by atoms with Gasteiger partial charge in [-0.3, -0.25) is 4.79 Å². The first kappa shape index (κ1) is 25.3. The first-order valence-electron chi connectivity index (χ1n) is 9.76. The summed E-state index contributed by atoms with van der Waals surface area (Å²) in [5.74, 6) is 1.83. The summed E-state index contributed by atoms with van der Waals surface area (Å²) >= 11 is 0. The predicted octanol–water partition coefficient (Wildman–Crippen LogP) is 2.36. The van der Waals surface area contributed by atoms with E-state index >= 15 is 0 Å². The fraction of sp³-hybridized carbons (Fsp3) is 0.409. The molecule has 2 aromatic carbocycles. The Balaban J connectivity index is 2.22. The lowest BCUT2D eigenvalue weighted by molar-refractivity contribution is -0.130. The van der Waals surface area contributed by atoms with Crippen LogP contribution in [0, 0.1) is 0 Å². The maximum atomic E-state index is 13.0. The van der Waals surface area contributed by atoms with E-state index in [1.807, 2.05) is 0 Å². The van der Waals surface area contributed by atoms with Crippen LogP contribution in [0.5, 0.6) is 23.0 Å². The number of amides is 1. The molecule has 1 amide bonds. The molecule has 1 N–H and O–H groups in total. The van der Waals surface area contributed by atoms with Gasteiger partial charge in [0.1, 0.15) is 5.75 Å². The fourth-order valence-electron chi connectivity index (χ4n) is 3.24. The van der Waals surface area contributed by atoms with Gasteiger partial charge in [0.05, 0.1) is 40.7 Å². The Morgan fingerprint density at radius 1 is 0.969 bits per heavy atom. The van der Waals surface area contributed by atoms with Gasteiger partial charge < -0.3 is 23.8 Å². The highest BCUT2D eigenvalue weighted by Crippen LogP contribution is 2.38. The van der Waals surface area contributed by atoms with Crippen molar-refractivity contribution in [1.82, 2.24) is 9.62 Å². The SMILES string of the molecule is COc1ccc(C(CC(=O)N(C)Cc2cc(OC)c(OC)c(OC)c2)NS(C)(=O)=O)cc1. The van der Waals surface area contributed by atoms with Gasteiger partial charge >= 0.3 is 0 Å². The Bertz CT molecular complexity index is 998. The highest BCUT2D eigenvalue weighted by molar-refractivity contribution is 7.88. The number of methoxy groups -OCH3 is 4. The molecule has 32 heavy (non-hydrogen) atoms. The largest absolute Gasteiger partial charge is 0.497 e. The molecule has 0 saturated heterocycles. The molecule has 9 nitrogen and oxygen atoms in total. The van der Waals surface area contributed by atoms with Crippen LogP contribution in [0.2, 0.25) is 0 Å². The van der Waals surface area contributed by atoms with E-state index in [2.05, 4.69) is 4.72 Å². The minimum absolute atomic E-state index is 0.0552. The van der Waals surface area contributed by atoms with E-state index in [9.17, 15) is 13.2 Å². The number of nitrogens with one attached hydrogen (secondary N) is 1. The van der Waals surface area contributed by atoms with Crippen molar-refractivity contribution in [1.29, 1.82) is 0 Å². The van der Waals surface area contributed by atoms with Crippen LogP contribution in [0.3, 0.4) is 0 Å². The average molecular weight is 467 g/mol. The van der Waals surface area contributed by atoms with Gasteiger partial charge in [-0.1, -0.05) is 12.1 Å². The van der Waals surface area contributed by atoms with E-state index < -0.39 is 16.1 Å². The number of rotatable bonds is 11. The van der Waals surface area contributed by atoms with Crippen LogP contribution in [0.25, 0.3) is 0 Å². The summed E-state index contributed by atoms with van der Waals surface area (Å²) in [5.41, 5.74) is 1.43. The number of carbonyl (C=O) groups is 1. The third kappa shape index (κ3) is 6.76. The molecule has 0 saturated carbocycles. The normalized spacial score (nSPS) is 12.1. The van der Waals surface area contributed by atoms with E-state index in [-0.39, 0.29) is 18.9 Å². The van der Waals surface area contributed by atoms with Gasteiger partial charge in [0.15, 0.2) is 11.5 Å². The fourth-order valence-corrected chi connectivity index (χ4v) is 3.98. The van der Waals surface area contributed by atoms with Gasteiger partial charge in [-0.25, -0.2) is 13.1 Å². The lowest BCUT2D eigenvalue weighted by Crippen LogP contribution is -2.34. The molecule has 176 valence electrons. The van der Waals surface area contributed by atoms with Crippen molar-refractivity contribution < 1.29 is 32.2 Å². The number of sulfonamides is 1. The molecule has 0 fully saturated rings. The van der Waals surface area contributed by atoms with Crippen LogP contribution in [-0.4, -0.2) is 61.0 Å². The molecule has 0 spiro atoms. The number of hydrogen-bond donors (Lipinski definition) is 1. The number of nitrogens with zero attached hydrogens (tertiary/aromatic N) is 1. The molecular formula is C22H30N2O7S. The quantitative estimate of drug-likeness (QED) is 0.542. The first-order chi connectivity index (χ1) is 15.1. The molecule has 10 heteroatoms. The molecule has 2 aromatic rings. The van der Waals surface area contributed by atoms with E-state index in [0.29, 0.717) is 28.6 Å². The first-order valence-corrected chi connectivity index (χ1v) is 11.6. The zero-order valence-electron chi connectivity index (χ0n) is 19.2. The molecule has 0 aliphatic rings. The molecule has 2 rings (SSSR count). The van der Waals surface area contributed by atoms with E-state index in [0.717, 1.165) is 11.8 Å². The van der Waals surface area contributed by atoms with Gasteiger partial charge in [0, 0.05) is 20.0 Å². The van der Waals surface area contributed by atoms with Crippen molar-refractivity contribution in [3.05, 3.63) is 47.5 Å². The van der Waals surface area contributed by atoms with Gasteiger partial charge in [-0.15, -0.1) is 0 Å². The Hall–Kier alpha value is -2.98. The van der Waals surface area contributed by atoms with Gasteiger partial charge in [0.25, 0.3) is 0 Å². The summed E-state index contributed by atoms with van der Waals surface area (Å²) in [7, 11) is 4.21. The molecule has 1 unspecified atom stereocenters. The number of hydrogen-bond acceptors (Lipinski definition) is 7. The second-order valence-corrected chi connectivity index (χ2v) is 8.98. The van der Waals surface area contributed by atoms with Gasteiger partial charge in [0.2, 0.25) is 21.7 Å². The van der Waals surface area contributed by atoms with E-state index in [1.165, 1.54) is 26.2 Å². The molecule has 0 bridgehead atoms. The highest BCUT2D eigenvalue weighted by atomic mass is 32.2. The summed E-state index contributed by atoms with van der Waals surface area (Å²) in [6.45, 7) is 0.268. The van der Waals surface area contributed by atoms with Crippen LogP contribution in [0.15, 0.2) is 36.4 Å². The van der Waals surface area contributed by atoms with Gasteiger partial charge in [-0.2, -0.15) is 0 Å². The Kier molecular flexibility index (Phi) is 8.73. The Morgan fingerprint density at radius 2 is 1.53 bits per heavy atom. The highest BCUT2D eigenvalue weighted by Gasteiger charge is 2.23. The van der Waals surface area contributed by atoms with Crippen molar-refractivity contribution in [2.75, 3.05) is 41.7 Å².